The van der Waals surface area contributed by atoms with E-state index in [0.29, 0.717) is 5.56 Å². The van der Waals surface area contributed by atoms with Crippen molar-refractivity contribution in [1.82, 2.24) is 0 Å². The molecule has 0 heterocycles. The van der Waals surface area contributed by atoms with Gasteiger partial charge in [0.15, 0.2) is 0 Å². The smallest absolute Gasteiger partial charge is 0.128 e. The minimum atomic E-state index is -0.236. The molecule has 0 aliphatic carbocycles. The predicted octanol–water partition coefficient (Wildman–Crippen LogP) is 5.83. The number of rotatable bonds is 5. The van der Waals surface area contributed by atoms with Gasteiger partial charge in [-0.2, -0.15) is 0 Å². The molecule has 1 atom stereocenters. The van der Waals surface area contributed by atoms with Crippen LogP contribution in [0.25, 0.3) is 17.2 Å². The summed E-state index contributed by atoms with van der Waals surface area (Å²) in [5.74, 6) is 0.244. The Morgan fingerprint density at radius 3 is 2.07 bits per heavy atom. The Morgan fingerprint density at radius 2 is 1.61 bits per heavy atom. The van der Waals surface area contributed by atoms with Gasteiger partial charge in [-0.05, 0) is 39.7 Å². The van der Waals surface area contributed by atoms with Crippen molar-refractivity contribution in [2.75, 3.05) is 6.61 Å². The van der Waals surface area contributed by atoms with Gasteiger partial charge in [0.2, 0.25) is 0 Å². The van der Waals surface area contributed by atoms with Gasteiger partial charge < -0.3 is 10.2 Å². The van der Waals surface area contributed by atoms with Crippen molar-refractivity contribution >= 4 is 12.3 Å². The van der Waals surface area contributed by atoms with E-state index in [0.717, 1.165) is 22.3 Å². The summed E-state index contributed by atoms with van der Waals surface area (Å²) in [6.45, 7) is 16.2. The van der Waals surface area contributed by atoms with E-state index >= 15 is 0 Å². The lowest BCUT2D eigenvalue weighted by molar-refractivity contribution is 0.191. The maximum Gasteiger partial charge on any atom is 0.128 e. The number of phenolic OH excluding ortho intramolecular Hbond substituents is 1. The first-order chi connectivity index (χ1) is 13.0. The fourth-order valence-electron chi connectivity index (χ4n) is 3.02. The number of aromatic hydroxyl groups is 1. The first kappa shape index (κ1) is 21.9. The van der Waals surface area contributed by atoms with E-state index in [1.54, 1.807) is 6.21 Å². The van der Waals surface area contributed by atoms with Crippen molar-refractivity contribution in [2.24, 2.45) is 10.4 Å². The number of benzene rings is 2. The van der Waals surface area contributed by atoms with Crippen LogP contribution in [0.3, 0.4) is 0 Å². The van der Waals surface area contributed by atoms with Crippen LogP contribution in [-0.4, -0.2) is 29.1 Å². The molecule has 0 aliphatic rings. The number of nitrogens with zero attached hydrogens (tertiary/aromatic N) is 1. The first-order valence-electron chi connectivity index (χ1n) is 9.71. The molecule has 0 aliphatic heterocycles. The lowest BCUT2D eigenvalue weighted by atomic mass is 9.83. The SMILES string of the molecule is C=Cc1ccc(-c2cc(C=N[C@H](CO)C(C)(C)C)c(O)c(C(C)(C)C)c2)cc1. The van der Waals surface area contributed by atoms with Crippen LogP contribution in [0, 0.1) is 5.41 Å². The summed E-state index contributed by atoms with van der Waals surface area (Å²) in [6.07, 6.45) is 3.51. The van der Waals surface area contributed by atoms with Crippen LogP contribution in [0.2, 0.25) is 0 Å². The summed E-state index contributed by atoms with van der Waals surface area (Å²) in [4.78, 5) is 4.58. The molecule has 0 amide bonds. The van der Waals surface area contributed by atoms with Gasteiger partial charge >= 0.3 is 0 Å². The fraction of sp³-hybridized carbons (Fsp3) is 0.400. The standard InChI is InChI=1S/C25H33NO2/c1-8-17-9-11-18(12-10-17)19-13-20(15-26-22(16-27)25(5,6)7)23(28)21(14-19)24(2,3)4/h8-15,22,27-28H,1,16H2,2-7H3/t22-/m1/s1. The highest BCUT2D eigenvalue weighted by atomic mass is 16.3. The first-order valence-corrected chi connectivity index (χ1v) is 9.71. The van der Waals surface area contributed by atoms with E-state index in [1.807, 2.05) is 51.1 Å². The topological polar surface area (TPSA) is 52.8 Å². The third kappa shape index (κ3) is 5.11. The second kappa shape index (κ2) is 8.32. The van der Waals surface area contributed by atoms with Gasteiger partial charge in [0.25, 0.3) is 0 Å². The zero-order valence-electron chi connectivity index (χ0n) is 18.0. The molecule has 0 aromatic heterocycles. The summed E-state index contributed by atoms with van der Waals surface area (Å²) in [6, 6.07) is 11.9. The van der Waals surface area contributed by atoms with Crippen molar-refractivity contribution in [3.05, 3.63) is 59.7 Å². The molecule has 2 aromatic rings. The largest absolute Gasteiger partial charge is 0.507 e. The molecule has 0 saturated carbocycles. The molecule has 28 heavy (non-hydrogen) atoms. The Kier molecular flexibility index (Phi) is 6.51. The van der Waals surface area contributed by atoms with Gasteiger partial charge in [0.1, 0.15) is 5.75 Å². The number of aliphatic hydroxyl groups is 1. The maximum absolute atomic E-state index is 10.9. The molecule has 0 bridgehead atoms. The van der Waals surface area contributed by atoms with E-state index in [-0.39, 0.29) is 29.2 Å². The van der Waals surface area contributed by atoms with Crippen molar-refractivity contribution in [3.8, 4) is 16.9 Å². The normalized spacial score (nSPS) is 13.7. The van der Waals surface area contributed by atoms with E-state index in [2.05, 4.69) is 44.5 Å². The van der Waals surface area contributed by atoms with Crippen LogP contribution in [0.1, 0.15) is 58.2 Å². The van der Waals surface area contributed by atoms with Crippen molar-refractivity contribution < 1.29 is 10.2 Å². The van der Waals surface area contributed by atoms with Gasteiger partial charge in [-0.15, -0.1) is 0 Å². The summed E-state index contributed by atoms with van der Waals surface area (Å²) in [5, 5.41) is 20.6. The molecule has 3 nitrogen and oxygen atoms in total. The molecule has 2 N–H and O–H groups in total. The van der Waals surface area contributed by atoms with Crippen LogP contribution in [-0.2, 0) is 5.41 Å². The van der Waals surface area contributed by atoms with Crippen molar-refractivity contribution in [1.29, 1.82) is 0 Å². The van der Waals surface area contributed by atoms with Crippen LogP contribution in [0.15, 0.2) is 48.0 Å². The molecule has 0 unspecified atom stereocenters. The highest BCUT2D eigenvalue weighted by Crippen LogP contribution is 2.37. The number of aliphatic imine (C=N–C) groups is 1. The Labute approximate surface area is 169 Å². The summed E-state index contributed by atoms with van der Waals surface area (Å²) < 4.78 is 0. The second-order valence-electron chi connectivity index (χ2n) is 9.38. The molecule has 0 fully saturated rings. The zero-order valence-corrected chi connectivity index (χ0v) is 18.0. The van der Waals surface area contributed by atoms with E-state index in [1.165, 1.54) is 0 Å². The van der Waals surface area contributed by atoms with Crippen LogP contribution in [0.5, 0.6) is 5.75 Å². The van der Waals surface area contributed by atoms with E-state index < -0.39 is 0 Å². The van der Waals surface area contributed by atoms with Gasteiger partial charge in [-0.1, -0.05) is 78.5 Å². The van der Waals surface area contributed by atoms with Crippen LogP contribution in [0.4, 0.5) is 0 Å². The highest BCUT2D eigenvalue weighted by Gasteiger charge is 2.24. The highest BCUT2D eigenvalue weighted by molar-refractivity contribution is 5.87. The molecule has 0 spiro atoms. The van der Waals surface area contributed by atoms with Gasteiger partial charge in [0.05, 0.1) is 12.6 Å². The van der Waals surface area contributed by atoms with Gasteiger partial charge in [-0.25, -0.2) is 0 Å². The number of phenols is 1. The third-order valence-electron chi connectivity index (χ3n) is 4.99. The molecule has 2 rings (SSSR count). The Bertz CT molecular complexity index is 850. The van der Waals surface area contributed by atoms with Gasteiger partial charge in [0, 0.05) is 17.3 Å². The molecular formula is C25H33NO2. The van der Waals surface area contributed by atoms with Crippen LogP contribution >= 0.6 is 0 Å². The molecule has 0 radical (unpaired) electrons. The average molecular weight is 380 g/mol. The summed E-state index contributed by atoms with van der Waals surface area (Å²) in [5.41, 5.74) is 4.32. The fourth-order valence-corrected chi connectivity index (χ4v) is 3.02. The summed E-state index contributed by atoms with van der Waals surface area (Å²) in [7, 11) is 0. The maximum atomic E-state index is 10.9. The number of aliphatic hydroxyl groups excluding tert-OH is 1. The lowest BCUT2D eigenvalue weighted by Gasteiger charge is -2.26. The molecule has 2 aromatic carbocycles. The van der Waals surface area contributed by atoms with Gasteiger partial charge in [-0.3, -0.25) is 4.99 Å². The average Bonchev–Trinajstić information content (AvgIpc) is 2.61. The molecule has 3 heteroatoms. The Hall–Kier alpha value is -2.39. The number of hydrogen-bond acceptors (Lipinski definition) is 3. The van der Waals surface area contributed by atoms with E-state index in [9.17, 15) is 10.2 Å². The van der Waals surface area contributed by atoms with Crippen molar-refractivity contribution in [2.45, 2.75) is 53.0 Å². The van der Waals surface area contributed by atoms with E-state index in [4.69, 9.17) is 0 Å². The Balaban J connectivity index is 2.59. The molecule has 150 valence electrons. The minimum absolute atomic E-state index is 0.0321. The summed E-state index contributed by atoms with van der Waals surface area (Å²) >= 11 is 0. The zero-order chi connectivity index (χ0) is 21.1. The monoisotopic (exact) mass is 379 g/mol. The minimum Gasteiger partial charge on any atom is -0.507 e. The van der Waals surface area contributed by atoms with Crippen molar-refractivity contribution in [3.63, 3.8) is 0 Å². The quantitative estimate of drug-likeness (QED) is 0.643. The molecular weight excluding hydrogens is 346 g/mol. The Morgan fingerprint density at radius 1 is 1.00 bits per heavy atom. The predicted molar refractivity (Wildman–Crippen MR) is 120 cm³/mol. The third-order valence-corrected chi connectivity index (χ3v) is 4.99. The second-order valence-corrected chi connectivity index (χ2v) is 9.38. The molecule has 0 saturated heterocycles. The van der Waals surface area contributed by atoms with Crippen LogP contribution < -0.4 is 0 Å². The number of hydrogen-bond donors (Lipinski definition) is 2. The lowest BCUT2D eigenvalue weighted by Crippen LogP contribution is -2.28.